The normalized spacial score (nSPS) is 16.7. The second-order valence-electron chi connectivity index (χ2n) is 5.81. The molecule has 1 amide bonds. The Morgan fingerprint density at radius 2 is 2.22 bits per heavy atom. The highest BCUT2D eigenvalue weighted by molar-refractivity contribution is 5.83. The number of fused-ring (bicyclic) bond motifs is 1. The van der Waals surface area contributed by atoms with E-state index in [-0.39, 0.29) is 11.9 Å². The van der Waals surface area contributed by atoms with Gasteiger partial charge in [-0.1, -0.05) is 18.2 Å². The molecule has 1 atom stereocenters. The summed E-state index contributed by atoms with van der Waals surface area (Å²) in [4.78, 5) is 21.9. The SMILES string of the molecule is CN(CCCNC(=O)[C@H]1NCCc2[nH]cnc21)c1ccccc1. The molecule has 6 nitrogen and oxygen atoms in total. The Hall–Kier alpha value is -2.34. The fraction of sp³-hybridized carbons (Fsp3) is 0.412. The molecule has 0 saturated carbocycles. The topological polar surface area (TPSA) is 73.1 Å². The molecule has 0 spiro atoms. The van der Waals surface area contributed by atoms with Gasteiger partial charge in [0.2, 0.25) is 5.91 Å². The van der Waals surface area contributed by atoms with E-state index in [2.05, 4.69) is 44.7 Å². The van der Waals surface area contributed by atoms with Gasteiger partial charge in [0, 0.05) is 44.5 Å². The number of amides is 1. The molecule has 0 fully saturated rings. The number of aromatic nitrogens is 2. The number of hydrogen-bond acceptors (Lipinski definition) is 4. The Kier molecular flexibility index (Phi) is 4.92. The molecule has 0 aliphatic carbocycles. The monoisotopic (exact) mass is 313 g/mol. The van der Waals surface area contributed by atoms with Crippen LogP contribution >= 0.6 is 0 Å². The van der Waals surface area contributed by atoms with E-state index >= 15 is 0 Å². The zero-order chi connectivity index (χ0) is 16.1. The third-order valence-electron chi connectivity index (χ3n) is 4.18. The van der Waals surface area contributed by atoms with E-state index in [9.17, 15) is 4.79 Å². The van der Waals surface area contributed by atoms with Crippen LogP contribution in [0.3, 0.4) is 0 Å². The molecule has 0 saturated heterocycles. The minimum absolute atomic E-state index is 0.000383. The van der Waals surface area contributed by atoms with Gasteiger partial charge in [0.05, 0.1) is 12.0 Å². The number of carbonyl (C=O) groups excluding carboxylic acids is 1. The lowest BCUT2D eigenvalue weighted by Gasteiger charge is -2.23. The van der Waals surface area contributed by atoms with Gasteiger partial charge in [0.1, 0.15) is 6.04 Å². The molecule has 0 unspecified atom stereocenters. The number of H-pyrrole nitrogens is 1. The van der Waals surface area contributed by atoms with Crippen LogP contribution in [-0.4, -0.2) is 42.6 Å². The number of nitrogens with zero attached hydrogens (tertiary/aromatic N) is 2. The van der Waals surface area contributed by atoms with Gasteiger partial charge in [-0.2, -0.15) is 0 Å². The summed E-state index contributed by atoms with van der Waals surface area (Å²) >= 11 is 0. The summed E-state index contributed by atoms with van der Waals surface area (Å²) in [6.45, 7) is 2.36. The Bertz CT molecular complexity index is 639. The van der Waals surface area contributed by atoms with Crippen molar-refractivity contribution < 1.29 is 4.79 Å². The van der Waals surface area contributed by atoms with E-state index in [1.54, 1.807) is 6.33 Å². The van der Waals surface area contributed by atoms with E-state index in [0.717, 1.165) is 37.3 Å². The minimum atomic E-state index is -0.336. The summed E-state index contributed by atoms with van der Waals surface area (Å²) in [7, 11) is 2.07. The van der Waals surface area contributed by atoms with Crippen molar-refractivity contribution in [1.29, 1.82) is 0 Å². The first-order chi connectivity index (χ1) is 11.3. The van der Waals surface area contributed by atoms with Gasteiger partial charge in [0.25, 0.3) is 0 Å². The molecule has 1 aliphatic rings. The van der Waals surface area contributed by atoms with Gasteiger partial charge in [-0.3, -0.25) is 4.79 Å². The molecule has 1 aromatic heterocycles. The molecule has 1 aromatic carbocycles. The highest BCUT2D eigenvalue weighted by atomic mass is 16.2. The van der Waals surface area contributed by atoms with Gasteiger partial charge in [-0.15, -0.1) is 0 Å². The van der Waals surface area contributed by atoms with Gasteiger partial charge in [0.15, 0.2) is 0 Å². The Labute approximate surface area is 136 Å². The first-order valence-corrected chi connectivity index (χ1v) is 8.05. The Morgan fingerprint density at radius 3 is 3.04 bits per heavy atom. The maximum Gasteiger partial charge on any atom is 0.243 e. The maximum absolute atomic E-state index is 12.3. The molecule has 3 rings (SSSR count). The van der Waals surface area contributed by atoms with E-state index < -0.39 is 0 Å². The van der Waals surface area contributed by atoms with Crippen LogP contribution < -0.4 is 15.5 Å². The maximum atomic E-state index is 12.3. The minimum Gasteiger partial charge on any atom is -0.375 e. The molecule has 23 heavy (non-hydrogen) atoms. The molecule has 2 heterocycles. The molecule has 2 aromatic rings. The van der Waals surface area contributed by atoms with Crippen molar-refractivity contribution >= 4 is 11.6 Å². The summed E-state index contributed by atoms with van der Waals surface area (Å²) < 4.78 is 0. The average Bonchev–Trinajstić information content (AvgIpc) is 3.07. The summed E-state index contributed by atoms with van der Waals surface area (Å²) in [5.41, 5.74) is 3.08. The number of anilines is 1. The number of carbonyl (C=O) groups is 1. The zero-order valence-corrected chi connectivity index (χ0v) is 13.4. The molecule has 0 bridgehead atoms. The third kappa shape index (κ3) is 3.71. The molecule has 122 valence electrons. The lowest BCUT2D eigenvalue weighted by atomic mass is 10.1. The first-order valence-electron chi connectivity index (χ1n) is 8.05. The first kappa shape index (κ1) is 15.6. The number of rotatable bonds is 6. The van der Waals surface area contributed by atoms with Crippen LogP contribution in [0.2, 0.25) is 0 Å². The van der Waals surface area contributed by atoms with Crippen LogP contribution in [0.15, 0.2) is 36.7 Å². The van der Waals surface area contributed by atoms with Gasteiger partial charge in [-0.05, 0) is 18.6 Å². The number of imidazole rings is 1. The van der Waals surface area contributed by atoms with Crippen LogP contribution in [0.1, 0.15) is 23.9 Å². The van der Waals surface area contributed by atoms with E-state index in [1.165, 1.54) is 5.69 Å². The van der Waals surface area contributed by atoms with Crippen molar-refractivity contribution in [2.75, 3.05) is 31.6 Å². The Morgan fingerprint density at radius 1 is 1.39 bits per heavy atom. The number of benzene rings is 1. The van der Waals surface area contributed by atoms with Crippen LogP contribution in [0.5, 0.6) is 0 Å². The predicted molar refractivity (Wildman–Crippen MR) is 90.4 cm³/mol. The summed E-state index contributed by atoms with van der Waals surface area (Å²) in [5.74, 6) is 0.000383. The van der Waals surface area contributed by atoms with Crippen molar-refractivity contribution in [3.05, 3.63) is 48.0 Å². The number of hydrogen-bond donors (Lipinski definition) is 3. The molecule has 1 aliphatic heterocycles. The molecule has 0 radical (unpaired) electrons. The largest absolute Gasteiger partial charge is 0.375 e. The third-order valence-corrected chi connectivity index (χ3v) is 4.18. The summed E-state index contributed by atoms with van der Waals surface area (Å²) in [6, 6.07) is 9.91. The fourth-order valence-electron chi connectivity index (χ4n) is 2.88. The number of aromatic amines is 1. The van der Waals surface area contributed by atoms with Crippen molar-refractivity contribution in [1.82, 2.24) is 20.6 Å². The quantitative estimate of drug-likeness (QED) is 0.702. The van der Waals surface area contributed by atoms with Gasteiger partial charge < -0.3 is 20.5 Å². The molecular weight excluding hydrogens is 290 g/mol. The summed E-state index contributed by atoms with van der Waals surface area (Å²) in [5, 5.41) is 6.24. The highest BCUT2D eigenvalue weighted by Crippen LogP contribution is 2.19. The zero-order valence-electron chi connectivity index (χ0n) is 13.4. The van der Waals surface area contributed by atoms with Crippen LogP contribution in [0, 0.1) is 0 Å². The van der Waals surface area contributed by atoms with Crippen LogP contribution in [0.25, 0.3) is 0 Å². The lowest BCUT2D eigenvalue weighted by molar-refractivity contribution is -0.123. The van der Waals surface area contributed by atoms with E-state index in [0.29, 0.717) is 6.54 Å². The van der Waals surface area contributed by atoms with Crippen molar-refractivity contribution in [3.8, 4) is 0 Å². The molecule has 3 N–H and O–H groups in total. The predicted octanol–water partition coefficient (Wildman–Crippen LogP) is 1.24. The standard InChI is InChI=1S/C17H23N5O/c1-22(13-6-3-2-4-7-13)11-5-9-19-17(23)16-15-14(8-10-18-16)20-12-21-15/h2-4,6-7,12,16,18H,5,8-11H2,1H3,(H,19,23)(H,20,21)/t16-/m0/s1. The lowest BCUT2D eigenvalue weighted by Crippen LogP contribution is -2.42. The highest BCUT2D eigenvalue weighted by Gasteiger charge is 2.27. The molecule has 6 heteroatoms. The number of nitrogens with one attached hydrogen (secondary N) is 3. The second-order valence-corrected chi connectivity index (χ2v) is 5.81. The Balaban J connectivity index is 1.44. The second kappa shape index (κ2) is 7.28. The van der Waals surface area contributed by atoms with E-state index in [4.69, 9.17) is 0 Å². The van der Waals surface area contributed by atoms with Crippen molar-refractivity contribution in [3.63, 3.8) is 0 Å². The fourth-order valence-corrected chi connectivity index (χ4v) is 2.88. The van der Waals surface area contributed by atoms with Gasteiger partial charge >= 0.3 is 0 Å². The average molecular weight is 313 g/mol. The number of para-hydroxylation sites is 1. The van der Waals surface area contributed by atoms with Crippen LogP contribution in [-0.2, 0) is 11.2 Å². The van der Waals surface area contributed by atoms with Gasteiger partial charge in [-0.25, -0.2) is 4.98 Å². The smallest absolute Gasteiger partial charge is 0.243 e. The molecular formula is C17H23N5O. The summed E-state index contributed by atoms with van der Waals surface area (Å²) in [6.07, 6.45) is 3.45. The van der Waals surface area contributed by atoms with Crippen molar-refractivity contribution in [2.45, 2.75) is 18.9 Å². The van der Waals surface area contributed by atoms with Crippen LogP contribution in [0.4, 0.5) is 5.69 Å². The van der Waals surface area contributed by atoms with E-state index in [1.807, 2.05) is 18.2 Å². The van der Waals surface area contributed by atoms with Crippen molar-refractivity contribution in [2.24, 2.45) is 0 Å².